The van der Waals surface area contributed by atoms with Crippen LogP contribution in [0.25, 0.3) is 0 Å². The Morgan fingerprint density at radius 1 is 0.771 bits per heavy atom. The van der Waals surface area contributed by atoms with E-state index in [0.717, 1.165) is 22.9 Å². The smallest absolute Gasteiger partial charge is 0.407 e. The highest BCUT2D eigenvalue weighted by atomic mass is 32.2. The van der Waals surface area contributed by atoms with E-state index < -0.39 is 28.2 Å². The third-order valence-electron chi connectivity index (χ3n) is 4.84. The van der Waals surface area contributed by atoms with Crippen LogP contribution in [0.1, 0.15) is 23.1 Å². The van der Waals surface area contributed by atoms with Gasteiger partial charge in [-0.25, -0.2) is 4.79 Å². The first-order chi connectivity index (χ1) is 16.8. The summed E-state index contributed by atoms with van der Waals surface area (Å²) in [4.78, 5) is 24.9. The lowest BCUT2D eigenvalue weighted by Crippen LogP contribution is -2.38. The van der Waals surface area contributed by atoms with Crippen molar-refractivity contribution in [2.75, 3.05) is 6.26 Å². The quantitative estimate of drug-likeness (QED) is 0.315. The van der Waals surface area contributed by atoms with Crippen molar-refractivity contribution in [1.82, 2.24) is 5.32 Å². The van der Waals surface area contributed by atoms with Gasteiger partial charge in [-0.05, 0) is 35.2 Å². The number of hydrogen-bond donors (Lipinski definition) is 1. The molecule has 0 aliphatic rings. The fourth-order valence-electron chi connectivity index (χ4n) is 3.24. The van der Waals surface area contributed by atoms with Crippen LogP contribution >= 0.6 is 0 Å². The van der Waals surface area contributed by atoms with Crippen molar-refractivity contribution in [3.05, 3.63) is 102 Å². The lowest BCUT2D eigenvalue weighted by atomic mass is 10.0. The van der Waals surface area contributed by atoms with E-state index >= 15 is 0 Å². The fourth-order valence-corrected chi connectivity index (χ4v) is 3.70. The Morgan fingerprint density at radius 3 is 1.86 bits per heavy atom. The average Bonchev–Trinajstić information content (AvgIpc) is 2.83. The van der Waals surface area contributed by atoms with Crippen LogP contribution in [0.15, 0.2) is 84.9 Å². The Kier molecular flexibility index (Phi) is 9.25. The maximum atomic E-state index is 12.5. The zero-order valence-electron chi connectivity index (χ0n) is 19.3. The molecule has 1 unspecified atom stereocenters. The van der Waals surface area contributed by atoms with Crippen LogP contribution < -0.4 is 9.50 Å². The summed E-state index contributed by atoms with van der Waals surface area (Å²) in [6.07, 6.45) is 0.518. The molecule has 0 saturated carbocycles. The minimum absolute atomic E-state index is 0.0745. The van der Waals surface area contributed by atoms with Crippen molar-refractivity contribution in [2.24, 2.45) is 0 Å². The van der Waals surface area contributed by atoms with Crippen molar-refractivity contribution >= 4 is 22.2 Å². The van der Waals surface area contributed by atoms with Crippen LogP contribution in [0, 0.1) is 0 Å². The molecular formula is C26H27NO7S. The number of carbonyl (C=O) groups excluding carboxylic acids is 2. The highest BCUT2D eigenvalue weighted by Gasteiger charge is 2.19. The second kappa shape index (κ2) is 12.6. The van der Waals surface area contributed by atoms with E-state index in [0.29, 0.717) is 6.42 Å². The number of esters is 1. The molecular weight excluding hydrogens is 470 g/mol. The molecule has 0 spiro atoms. The Labute approximate surface area is 205 Å². The minimum Gasteiger partial charge on any atom is -0.461 e. The van der Waals surface area contributed by atoms with Crippen LogP contribution in [0.5, 0.6) is 5.75 Å². The molecule has 3 aromatic rings. The minimum atomic E-state index is -3.64. The standard InChI is InChI=1S/C26H27NO7S/c1-35(30,31)34-24-14-12-20(13-15-24)16-23(17-25(28)32-18-21-8-4-2-5-9-21)27-26(29)33-19-22-10-6-3-7-11-22/h2-15,23H,16-19H2,1H3,(H,27,29). The SMILES string of the molecule is CS(=O)(=O)Oc1ccc(CC(CC(=O)OCc2ccccc2)NC(=O)OCc2ccccc2)cc1. The second-order valence-electron chi connectivity index (χ2n) is 7.89. The van der Waals surface area contributed by atoms with Crippen molar-refractivity contribution in [3.8, 4) is 5.75 Å². The molecule has 8 nitrogen and oxygen atoms in total. The summed E-state index contributed by atoms with van der Waals surface area (Å²) in [5.41, 5.74) is 2.45. The summed E-state index contributed by atoms with van der Waals surface area (Å²) >= 11 is 0. The molecule has 1 atom stereocenters. The summed E-state index contributed by atoms with van der Waals surface area (Å²) in [6, 6.07) is 24.3. The second-order valence-corrected chi connectivity index (χ2v) is 9.46. The fraction of sp³-hybridized carbons (Fsp3) is 0.231. The van der Waals surface area contributed by atoms with Gasteiger partial charge in [0.2, 0.25) is 0 Å². The highest BCUT2D eigenvalue weighted by molar-refractivity contribution is 7.86. The molecule has 3 aromatic carbocycles. The normalized spacial score (nSPS) is 11.8. The monoisotopic (exact) mass is 497 g/mol. The number of carbonyl (C=O) groups is 2. The van der Waals surface area contributed by atoms with Crippen LogP contribution in [0.2, 0.25) is 0 Å². The summed E-state index contributed by atoms with van der Waals surface area (Å²) in [5, 5.41) is 2.73. The Hall–Kier alpha value is -3.85. The number of amides is 1. The van der Waals surface area contributed by atoms with Crippen molar-refractivity contribution < 1.29 is 31.7 Å². The zero-order chi connectivity index (χ0) is 25.1. The highest BCUT2D eigenvalue weighted by Crippen LogP contribution is 2.16. The third-order valence-corrected chi connectivity index (χ3v) is 5.34. The van der Waals surface area contributed by atoms with Gasteiger partial charge in [-0.1, -0.05) is 72.8 Å². The summed E-state index contributed by atoms with van der Waals surface area (Å²) in [7, 11) is -3.64. The first kappa shape index (κ1) is 25.8. The lowest BCUT2D eigenvalue weighted by molar-refractivity contribution is -0.145. The van der Waals surface area contributed by atoms with E-state index in [1.165, 1.54) is 12.1 Å². The van der Waals surface area contributed by atoms with Gasteiger partial charge in [-0.15, -0.1) is 0 Å². The maximum absolute atomic E-state index is 12.5. The number of ether oxygens (including phenoxy) is 2. The first-order valence-corrected chi connectivity index (χ1v) is 12.7. The lowest BCUT2D eigenvalue weighted by Gasteiger charge is -2.18. The Bertz CT molecular complexity index is 1140. The molecule has 0 radical (unpaired) electrons. The Morgan fingerprint density at radius 2 is 1.31 bits per heavy atom. The van der Waals surface area contributed by atoms with Gasteiger partial charge in [0.25, 0.3) is 0 Å². The number of alkyl carbamates (subject to hydrolysis) is 1. The van der Waals surface area contributed by atoms with Crippen LogP contribution in [-0.4, -0.2) is 32.8 Å². The maximum Gasteiger partial charge on any atom is 0.407 e. The zero-order valence-corrected chi connectivity index (χ0v) is 20.1. The summed E-state index contributed by atoms with van der Waals surface area (Å²) in [5.74, 6) is -0.301. The van der Waals surface area contributed by atoms with Crippen LogP contribution in [0.3, 0.4) is 0 Å². The molecule has 0 aliphatic heterocycles. The molecule has 0 saturated heterocycles. The van der Waals surface area contributed by atoms with E-state index in [1.54, 1.807) is 12.1 Å². The van der Waals surface area contributed by atoms with Gasteiger partial charge in [0.1, 0.15) is 19.0 Å². The largest absolute Gasteiger partial charge is 0.461 e. The van der Waals surface area contributed by atoms with Gasteiger partial charge in [0, 0.05) is 6.04 Å². The average molecular weight is 498 g/mol. The molecule has 0 fully saturated rings. The predicted octanol–water partition coefficient (Wildman–Crippen LogP) is 4.00. The Balaban J connectivity index is 1.61. The van der Waals surface area contributed by atoms with Crippen molar-refractivity contribution in [3.63, 3.8) is 0 Å². The van der Waals surface area contributed by atoms with Gasteiger partial charge in [0.15, 0.2) is 0 Å². The number of benzene rings is 3. The molecule has 0 heterocycles. The first-order valence-electron chi connectivity index (χ1n) is 10.9. The van der Waals surface area contributed by atoms with Crippen molar-refractivity contribution in [1.29, 1.82) is 0 Å². The van der Waals surface area contributed by atoms with Gasteiger partial charge >= 0.3 is 22.2 Å². The number of nitrogens with one attached hydrogen (secondary N) is 1. The molecule has 184 valence electrons. The molecule has 1 N–H and O–H groups in total. The van der Waals surface area contributed by atoms with Gasteiger partial charge in [-0.2, -0.15) is 8.42 Å². The van der Waals surface area contributed by atoms with E-state index in [4.69, 9.17) is 13.7 Å². The molecule has 1 amide bonds. The van der Waals surface area contributed by atoms with E-state index in [2.05, 4.69) is 5.32 Å². The molecule has 0 aliphatic carbocycles. The summed E-state index contributed by atoms with van der Waals surface area (Å²) in [6.45, 7) is 0.220. The predicted molar refractivity (Wildman–Crippen MR) is 130 cm³/mol. The summed E-state index contributed by atoms with van der Waals surface area (Å²) < 4.78 is 38.1. The number of rotatable bonds is 11. The molecule has 3 rings (SSSR count). The van der Waals surface area contributed by atoms with E-state index in [1.807, 2.05) is 60.7 Å². The van der Waals surface area contributed by atoms with E-state index in [-0.39, 0.29) is 25.4 Å². The van der Waals surface area contributed by atoms with E-state index in [9.17, 15) is 18.0 Å². The molecule has 9 heteroatoms. The van der Waals surface area contributed by atoms with Gasteiger partial charge < -0.3 is 19.0 Å². The molecule has 35 heavy (non-hydrogen) atoms. The number of hydrogen-bond acceptors (Lipinski definition) is 7. The van der Waals surface area contributed by atoms with Crippen LogP contribution in [-0.2, 0) is 44.0 Å². The molecule has 0 aromatic heterocycles. The van der Waals surface area contributed by atoms with Gasteiger partial charge in [-0.3, -0.25) is 4.79 Å². The van der Waals surface area contributed by atoms with Crippen molar-refractivity contribution in [2.45, 2.75) is 32.1 Å². The van der Waals surface area contributed by atoms with Gasteiger partial charge in [0.05, 0.1) is 12.7 Å². The topological polar surface area (TPSA) is 108 Å². The van der Waals surface area contributed by atoms with Crippen LogP contribution in [0.4, 0.5) is 4.79 Å². The molecule has 0 bridgehead atoms. The third kappa shape index (κ3) is 9.89.